The van der Waals surface area contributed by atoms with E-state index in [0.717, 1.165) is 25.7 Å². The van der Waals surface area contributed by atoms with Crippen LogP contribution < -0.4 is 0 Å². The van der Waals surface area contributed by atoms with Crippen LogP contribution in [-0.2, 0) is 4.79 Å². The third-order valence-corrected chi connectivity index (χ3v) is 3.43. The second kappa shape index (κ2) is 19.2. The highest BCUT2D eigenvalue weighted by molar-refractivity contribution is 5.66. The van der Waals surface area contributed by atoms with Crippen molar-refractivity contribution in [2.45, 2.75) is 71.1 Å². The van der Waals surface area contributed by atoms with Crippen LogP contribution in [0.3, 0.4) is 0 Å². The molecule has 0 aliphatic rings. The highest BCUT2D eigenvalue weighted by Crippen LogP contribution is 2.01. The lowest BCUT2D eigenvalue weighted by Gasteiger charge is -1.91. The first kappa shape index (κ1) is 22.2. The quantitative estimate of drug-likeness (QED) is 0.204. The van der Waals surface area contributed by atoms with Crippen molar-refractivity contribution in [3.8, 4) is 0 Å². The van der Waals surface area contributed by atoms with Crippen LogP contribution >= 0.6 is 0 Å². The van der Waals surface area contributed by atoms with Gasteiger partial charge < -0.3 is 5.11 Å². The average molecular weight is 331 g/mol. The van der Waals surface area contributed by atoms with E-state index in [1.807, 2.05) is 12.2 Å². The molecule has 2 nitrogen and oxygen atoms in total. The second-order valence-corrected chi connectivity index (χ2v) is 5.75. The molecule has 0 aromatic heterocycles. The number of carbonyl (C=O) groups is 1. The maximum absolute atomic E-state index is 10.3. The van der Waals surface area contributed by atoms with Gasteiger partial charge in [0.05, 0.1) is 0 Å². The van der Waals surface area contributed by atoms with Gasteiger partial charge in [0, 0.05) is 6.42 Å². The van der Waals surface area contributed by atoms with Crippen molar-refractivity contribution in [3.05, 3.63) is 60.8 Å². The summed E-state index contributed by atoms with van der Waals surface area (Å²) in [5.74, 6) is -0.739. The maximum atomic E-state index is 10.3. The van der Waals surface area contributed by atoms with Gasteiger partial charge >= 0.3 is 5.97 Å². The van der Waals surface area contributed by atoms with E-state index in [2.05, 4.69) is 55.5 Å². The van der Waals surface area contributed by atoms with Crippen LogP contribution in [0.2, 0.25) is 0 Å². The highest BCUT2D eigenvalue weighted by atomic mass is 16.4. The summed E-state index contributed by atoms with van der Waals surface area (Å²) in [6.07, 6.45) is 31.4. The summed E-state index contributed by atoms with van der Waals surface area (Å²) in [7, 11) is 0. The van der Waals surface area contributed by atoms with Gasteiger partial charge in [0.15, 0.2) is 0 Å². The van der Waals surface area contributed by atoms with E-state index in [1.54, 1.807) is 0 Å². The molecule has 0 aliphatic carbocycles. The van der Waals surface area contributed by atoms with Crippen molar-refractivity contribution in [1.29, 1.82) is 0 Å². The Labute approximate surface area is 148 Å². The second-order valence-electron chi connectivity index (χ2n) is 5.75. The zero-order valence-corrected chi connectivity index (χ0v) is 15.2. The van der Waals surface area contributed by atoms with Gasteiger partial charge in [-0.2, -0.15) is 0 Å². The van der Waals surface area contributed by atoms with Crippen molar-refractivity contribution >= 4 is 5.97 Å². The number of unbranched alkanes of at least 4 members (excludes halogenated alkanes) is 4. The zero-order chi connectivity index (χ0) is 17.7. The topological polar surface area (TPSA) is 37.3 Å². The van der Waals surface area contributed by atoms with Gasteiger partial charge in [0.2, 0.25) is 0 Å². The standard InChI is InChI=1S/C22H34O2/c1-2-3-4-5-6-7-8-9-10-11-12-13-14-15-16-17-18-19-20-21-22(23)24/h6-7,10-13,15-16,18-19H,2-5,8-9,14,17,20-21H2,1H3,(H,23,24). The fourth-order valence-corrected chi connectivity index (χ4v) is 2.04. The summed E-state index contributed by atoms with van der Waals surface area (Å²) >= 11 is 0. The van der Waals surface area contributed by atoms with Crippen LogP contribution in [0.1, 0.15) is 71.1 Å². The molecule has 0 unspecified atom stereocenters. The normalized spacial score (nSPS) is 12.7. The number of rotatable bonds is 15. The van der Waals surface area contributed by atoms with Crippen molar-refractivity contribution in [2.24, 2.45) is 0 Å². The molecule has 0 heterocycles. The monoisotopic (exact) mass is 330 g/mol. The molecule has 134 valence electrons. The number of carboxylic acids is 1. The maximum Gasteiger partial charge on any atom is 0.303 e. The number of hydrogen-bond acceptors (Lipinski definition) is 1. The fourth-order valence-electron chi connectivity index (χ4n) is 2.04. The first-order chi connectivity index (χ1) is 11.8. The van der Waals surface area contributed by atoms with E-state index >= 15 is 0 Å². The summed E-state index contributed by atoms with van der Waals surface area (Å²) in [6, 6.07) is 0. The average Bonchev–Trinajstić information content (AvgIpc) is 2.56. The molecular formula is C22H34O2. The summed E-state index contributed by atoms with van der Waals surface area (Å²) in [6.45, 7) is 2.24. The van der Waals surface area contributed by atoms with E-state index < -0.39 is 5.97 Å². The minimum absolute atomic E-state index is 0.212. The summed E-state index contributed by atoms with van der Waals surface area (Å²) in [5.41, 5.74) is 0. The third-order valence-electron chi connectivity index (χ3n) is 3.43. The molecule has 0 aromatic carbocycles. The summed E-state index contributed by atoms with van der Waals surface area (Å²) < 4.78 is 0. The zero-order valence-electron chi connectivity index (χ0n) is 15.2. The molecule has 0 saturated carbocycles. The molecule has 0 rings (SSSR count). The van der Waals surface area contributed by atoms with Crippen molar-refractivity contribution in [2.75, 3.05) is 0 Å². The summed E-state index contributed by atoms with van der Waals surface area (Å²) in [4.78, 5) is 10.3. The first-order valence-corrected chi connectivity index (χ1v) is 9.25. The molecular weight excluding hydrogens is 296 g/mol. The van der Waals surface area contributed by atoms with E-state index in [-0.39, 0.29) is 6.42 Å². The van der Waals surface area contributed by atoms with Crippen molar-refractivity contribution < 1.29 is 9.90 Å². The lowest BCUT2D eigenvalue weighted by atomic mass is 10.2. The van der Waals surface area contributed by atoms with Gasteiger partial charge in [-0.25, -0.2) is 0 Å². The molecule has 0 fully saturated rings. The largest absolute Gasteiger partial charge is 0.481 e. The third kappa shape index (κ3) is 20.2. The van der Waals surface area contributed by atoms with E-state index in [1.165, 1.54) is 25.7 Å². The Balaban J connectivity index is 3.47. The van der Waals surface area contributed by atoms with Gasteiger partial charge in [-0.1, -0.05) is 80.5 Å². The Morgan fingerprint density at radius 3 is 2.04 bits per heavy atom. The Morgan fingerprint density at radius 2 is 1.29 bits per heavy atom. The number of allylic oxidation sites excluding steroid dienone is 10. The van der Waals surface area contributed by atoms with Crippen LogP contribution in [0.4, 0.5) is 0 Å². The van der Waals surface area contributed by atoms with Crippen LogP contribution in [-0.4, -0.2) is 11.1 Å². The predicted molar refractivity (Wildman–Crippen MR) is 105 cm³/mol. The van der Waals surface area contributed by atoms with Crippen molar-refractivity contribution in [3.63, 3.8) is 0 Å². The van der Waals surface area contributed by atoms with Crippen molar-refractivity contribution in [1.82, 2.24) is 0 Å². The fraction of sp³-hybridized carbons (Fsp3) is 0.500. The molecule has 0 bridgehead atoms. The van der Waals surface area contributed by atoms with E-state index in [4.69, 9.17) is 5.11 Å². The van der Waals surface area contributed by atoms with Crippen LogP contribution in [0, 0.1) is 0 Å². The Bertz CT molecular complexity index is 425. The molecule has 0 aliphatic heterocycles. The molecule has 0 aromatic rings. The highest BCUT2D eigenvalue weighted by Gasteiger charge is 1.90. The molecule has 0 radical (unpaired) electrons. The van der Waals surface area contributed by atoms with Gasteiger partial charge in [0.25, 0.3) is 0 Å². The van der Waals surface area contributed by atoms with Crippen LogP contribution in [0.15, 0.2) is 60.8 Å². The number of aliphatic carboxylic acids is 1. The predicted octanol–water partition coefficient (Wildman–Crippen LogP) is 6.77. The number of carboxylic acid groups (broad SMARTS) is 1. The van der Waals surface area contributed by atoms with Gasteiger partial charge in [-0.05, 0) is 44.9 Å². The SMILES string of the molecule is CCCCCC=CCCC=CC=CCC=CCC=CCCC(=O)O. The minimum Gasteiger partial charge on any atom is -0.481 e. The Kier molecular flexibility index (Phi) is 17.8. The van der Waals surface area contributed by atoms with Gasteiger partial charge in [-0.3, -0.25) is 4.79 Å². The molecule has 0 spiro atoms. The first-order valence-electron chi connectivity index (χ1n) is 9.25. The molecule has 2 heteroatoms. The van der Waals surface area contributed by atoms with Gasteiger partial charge in [0.1, 0.15) is 0 Å². The van der Waals surface area contributed by atoms with Crippen LogP contribution in [0.5, 0.6) is 0 Å². The lowest BCUT2D eigenvalue weighted by molar-refractivity contribution is -0.136. The van der Waals surface area contributed by atoms with E-state index in [0.29, 0.717) is 6.42 Å². The summed E-state index contributed by atoms with van der Waals surface area (Å²) in [5, 5.41) is 8.49. The molecule has 1 N–H and O–H groups in total. The Morgan fingerprint density at radius 1 is 0.708 bits per heavy atom. The molecule has 24 heavy (non-hydrogen) atoms. The van der Waals surface area contributed by atoms with Crippen LogP contribution in [0.25, 0.3) is 0 Å². The number of hydrogen-bond donors (Lipinski definition) is 1. The minimum atomic E-state index is -0.739. The smallest absolute Gasteiger partial charge is 0.303 e. The van der Waals surface area contributed by atoms with E-state index in [9.17, 15) is 4.79 Å². The lowest BCUT2D eigenvalue weighted by Crippen LogP contribution is -1.91. The van der Waals surface area contributed by atoms with Gasteiger partial charge in [-0.15, -0.1) is 0 Å². The molecule has 0 amide bonds. The molecule has 0 atom stereocenters. The molecule has 0 saturated heterocycles. The Hall–Kier alpha value is -1.83.